The summed E-state index contributed by atoms with van der Waals surface area (Å²) in [5, 5.41) is 0. The van der Waals surface area contributed by atoms with Crippen LogP contribution in [0.25, 0.3) is 0 Å². The summed E-state index contributed by atoms with van der Waals surface area (Å²) < 4.78 is 0. The van der Waals surface area contributed by atoms with Crippen molar-refractivity contribution >= 4 is 35.8 Å². The summed E-state index contributed by atoms with van der Waals surface area (Å²) in [5.41, 5.74) is 7.20. The Kier molecular flexibility index (Phi) is 6.80. The van der Waals surface area contributed by atoms with Gasteiger partial charge in [0.05, 0.1) is 5.92 Å². The first-order valence-corrected chi connectivity index (χ1v) is 7.20. The molecule has 0 spiro atoms. The zero-order valence-electron chi connectivity index (χ0n) is 13.3. The molecule has 6 heteroatoms. The molecule has 1 aromatic carbocycles. The van der Waals surface area contributed by atoms with E-state index >= 15 is 0 Å². The molecular weight excluding hydrogens is 393 g/mol. The van der Waals surface area contributed by atoms with Crippen LogP contribution in [0.5, 0.6) is 0 Å². The zero-order valence-corrected chi connectivity index (χ0v) is 15.6. The van der Waals surface area contributed by atoms with Gasteiger partial charge in [-0.2, -0.15) is 0 Å². The van der Waals surface area contributed by atoms with Crippen molar-refractivity contribution in [2.24, 2.45) is 17.6 Å². The second-order valence-electron chi connectivity index (χ2n) is 6.08. The predicted molar refractivity (Wildman–Crippen MR) is 97.0 cm³/mol. The summed E-state index contributed by atoms with van der Waals surface area (Å²) in [5.74, 6) is -0.00568. The Bertz CT molecular complexity index is 548. The number of halogens is 1. The molecule has 0 bridgehead atoms. The molecule has 1 aromatic rings. The largest absolute Gasteiger partial charge is 0.369 e. The third kappa shape index (κ3) is 4.42. The third-order valence-corrected chi connectivity index (χ3v) is 4.04. The van der Waals surface area contributed by atoms with E-state index in [0.717, 1.165) is 18.7 Å². The number of benzene rings is 1. The summed E-state index contributed by atoms with van der Waals surface area (Å²) in [4.78, 5) is 27.1. The Labute approximate surface area is 148 Å². The monoisotopic (exact) mass is 417 g/mol. The average molecular weight is 417 g/mol. The van der Waals surface area contributed by atoms with Gasteiger partial charge in [-0.05, 0) is 23.6 Å². The molecule has 1 heterocycles. The van der Waals surface area contributed by atoms with Crippen molar-refractivity contribution in [2.45, 2.75) is 13.5 Å². The van der Waals surface area contributed by atoms with Gasteiger partial charge in [0.1, 0.15) is 0 Å². The minimum Gasteiger partial charge on any atom is -0.369 e. The number of hydrogen-bond donors (Lipinski definition) is 1. The van der Waals surface area contributed by atoms with Gasteiger partial charge in [0.15, 0.2) is 0 Å². The van der Waals surface area contributed by atoms with Crippen LogP contribution in [0, 0.1) is 11.8 Å². The molecule has 22 heavy (non-hydrogen) atoms. The Hall–Kier alpha value is -1.15. The lowest BCUT2D eigenvalue weighted by Gasteiger charge is -2.16. The molecule has 5 nitrogen and oxygen atoms in total. The SMILES string of the molecule is C[C@@H]1CN(Cc2cccc(C(=O)N(C)C)c2)C[C@H]1C(N)=O.I. The normalized spacial score (nSPS) is 21.2. The summed E-state index contributed by atoms with van der Waals surface area (Å²) in [7, 11) is 3.49. The van der Waals surface area contributed by atoms with Gasteiger partial charge in [0.25, 0.3) is 5.91 Å². The fourth-order valence-corrected chi connectivity index (χ4v) is 2.89. The van der Waals surface area contributed by atoms with Gasteiger partial charge in [-0.1, -0.05) is 19.1 Å². The van der Waals surface area contributed by atoms with E-state index in [1.54, 1.807) is 19.0 Å². The van der Waals surface area contributed by atoms with Gasteiger partial charge < -0.3 is 10.6 Å². The fraction of sp³-hybridized carbons (Fsp3) is 0.500. The first-order chi connectivity index (χ1) is 9.88. The van der Waals surface area contributed by atoms with Crippen molar-refractivity contribution in [2.75, 3.05) is 27.2 Å². The number of rotatable bonds is 4. The van der Waals surface area contributed by atoms with Crippen LogP contribution < -0.4 is 5.73 Å². The minimum atomic E-state index is -0.221. The van der Waals surface area contributed by atoms with Crippen LogP contribution in [-0.4, -0.2) is 48.8 Å². The van der Waals surface area contributed by atoms with Gasteiger partial charge in [-0.15, -0.1) is 24.0 Å². The number of amides is 2. The van der Waals surface area contributed by atoms with Crippen molar-refractivity contribution < 1.29 is 9.59 Å². The number of likely N-dealkylation sites (tertiary alicyclic amines) is 1. The molecule has 2 amide bonds. The van der Waals surface area contributed by atoms with Crippen LogP contribution in [0.3, 0.4) is 0 Å². The Morgan fingerprint density at radius 3 is 2.55 bits per heavy atom. The maximum Gasteiger partial charge on any atom is 0.253 e. The Morgan fingerprint density at radius 1 is 1.32 bits per heavy atom. The number of hydrogen-bond acceptors (Lipinski definition) is 3. The highest BCUT2D eigenvalue weighted by atomic mass is 127. The number of nitrogens with two attached hydrogens (primary N) is 1. The van der Waals surface area contributed by atoms with E-state index in [1.165, 1.54) is 0 Å². The summed E-state index contributed by atoms with van der Waals surface area (Å²) in [6.45, 7) is 4.35. The van der Waals surface area contributed by atoms with Crippen LogP contribution in [-0.2, 0) is 11.3 Å². The van der Waals surface area contributed by atoms with E-state index < -0.39 is 0 Å². The lowest BCUT2D eigenvalue weighted by atomic mass is 9.98. The fourth-order valence-electron chi connectivity index (χ4n) is 2.89. The summed E-state index contributed by atoms with van der Waals surface area (Å²) >= 11 is 0. The standard InChI is InChI=1S/C16H23N3O2.HI/c1-11-8-19(10-14(11)15(17)20)9-12-5-4-6-13(7-12)16(21)18(2)3;/h4-7,11,14H,8-10H2,1-3H3,(H2,17,20);1H/t11-,14-;/m1./s1. The molecule has 0 saturated carbocycles. The van der Waals surface area contributed by atoms with Crippen LogP contribution >= 0.6 is 24.0 Å². The third-order valence-electron chi connectivity index (χ3n) is 4.04. The topological polar surface area (TPSA) is 66.6 Å². The second kappa shape index (κ2) is 7.92. The van der Waals surface area contributed by atoms with E-state index in [9.17, 15) is 9.59 Å². The predicted octanol–water partition coefficient (Wildman–Crippen LogP) is 1.56. The molecule has 0 unspecified atom stereocenters. The smallest absolute Gasteiger partial charge is 0.253 e. The quantitative estimate of drug-likeness (QED) is 0.757. The maximum atomic E-state index is 12.0. The van der Waals surface area contributed by atoms with Crippen molar-refractivity contribution in [3.8, 4) is 0 Å². The minimum absolute atomic E-state index is 0. The molecule has 0 aromatic heterocycles. The molecule has 1 fully saturated rings. The van der Waals surface area contributed by atoms with Gasteiger partial charge in [-0.25, -0.2) is 0 Å². The van der Waals surface area contributed by atoms with Gasteiger partial charge in [-0.3, -0.25) is 14.5 Å². The van der Waals surface area contributed by atoms with Crippen LogP contribution in [0.4, 0.5) is 0 Å². The average Bonchev–Trinajstić information content (AvgIpc) is 2.79. The van der Waals surface area contributed by atoms with E-state index in [1.807, 2.05) is 24.3 Å². The zero-order chi connectivity index (χ0) is 15.6. The van der Waals surface area contributed by atoms with Crippen LogP contribution in [0.1, 0.15) is 22.8 Å². The van der Waals surface area contributed by atoms with Gasteiger partial charge >= 0.3 is 0 Å². The summed E-state index contributed by atoms with van der Waals surface area (Å²) in [6.07, 6.45) is 0. The highest BCUT2D eigenvalue weighted by Gasteiger charge is 2.33. The van der Waals surface area contributed by atoms with E-state index in [-0.39, 0.29) is 47.6 Å². The number of carbonyl (C=O) groups excluding carboxylic acids is 2. The molecule has 2 atom stereocenters. The number of nitrogens with zero attached hydrogens (tertiary/aromatic N) is 2. The maximum absolute atomic E-state index is 12.0. The van der Waals surface area contributed by atoms with Gasteiger partial charge in [0.2, 0.25) is 5.91 Å². The Balaban J connectivity index is 0.00000242. The molecule has 0 aliphatic carbocycles. The van der Waals surface area contributed by atoms with Crippen molar-refractivity contribution in [3.05, 3.63) is 35.4 Å². The van der Waals surface area contributed by atoms with E-state index in [2.05, 4.69) is 11.8 Å². The number of carbonyl (C=O) groups is 2. The molecule has 122 valence electrons. The Morgan fingerprint density at radius 2 is 2.00 bits per heavy atom. The molecule has 2 rings (SSSR count). The molecule has 1 aliphatic rings. The van der Waals surface area contributed by atoms with Crippen molar-refractivity contribution in [1.29, 1.82) is 0 Å². The van der Waals surface area contributed by atoms with Crippen molar-refractivity contribution in [1.82, 2.24) is 9.80 Å². The first kappa shape index (κ1) is 18.9. The second-order valence-corrected chi connectivity index (χ2v) is 6.08. The lowest BCUT2D eigenvalue weighted by Crippen LogP contribution is -2.29. The first-order valence-electron chi connectivity index (χ1n) is 7.20. The van der Waals surface area contributed by atoms with Crippen LogP contribution in [0.2, 0.25) is 0 Å². The highest BCUT2D eigenvalue weighted by Crippen LogP contribution is 2.24. The molecular formula is C16H24IN3O2. The van der Waals surface area contributed by atoms with E-state index in [4.69, 9.17) is 5.73 Å². The van der Waals surface area contributed by atoms with Gasteiger partial charge in [0, 0.05) is 39.3 Å². The highest BCUT2D eigenvalue weighted by molar-refractivity contribution is 14.0. The molecule has 1 aliphatic heterocycles. The number of primary amides is 1. The molecule has 2 N–H and O–H groups in total. The van der Waals surface area contributed by atoms with Crippen molar-refractivity contribution in [3.63, 3.8) is 0 Å². The van der Waals surface area contributed by atoms with Crippen LogP contribution in [0.15, 0.2) is 24.3 Å². The van der Waals surface area contributed by atoms with E-state index in [0.29, 0.717) is 12.1 Å². The molecule has 0 radical (unpaired) electrons. The molecule has 1 saturated heterocycles. The summed E-state index contributed by atoms with van der Waals surface area (Å²) in [6, 6.07) is 7.65. The lowest BCUT2D eigenvalue weighted by molar-refractivity contribution is -0.122.